The molecule has 0 saturated heterocycles. The van der Waals surface area contributed by atoms with Gasteiger partial charge in [0.15, 0.2) is 0 Å². The number of anilines is 1. The molecule has 0 spiro atoms. The van der Waals surface area contributed by atoms with Crippen LogP contribution >= 0.6 is 15.9 Å². The van der Waals surface area contributed by atoms with E-state index in [9.17, 15) is 4.79 Å². The minimum absolute atomic E-state index is 0.282. The van der Waals surface area contributed by atoms with Crippen LogP contribution in [0.4, 0.5) is 5.69 Å². The number of carbonyl (C=O) groups excluding carboxylic acids is 1. The molecule has 1 rings (SSSR count). The summed E-state index contributed by atoms with van der Waals surface area (Å²) in [5, 5.41) is 3.22. The van der Waals surface area contributed by atoms with E-state index < -0.39 is 0 Å². The van der Waals surface area contributed by atoms with Crippen LogP contribution in [0.2, 0.25) is 0 Å². The third-order valence-electron chi connectivity index (χ3n) is 2.17. The number of hydrogen-bond donors (Lipinski definition) is 2. The summed E-state index contributed by atoms with van der Waals surface area (Å²) >= 11 is 3.44. The third-order valence-corrected chi connectivity index (χ3v) is 2.63. The summed E-state index contributed by atoms with van der Waals surface area (Å²) in [6.45, 7) is 4.65. The molecule has 4 heteroatoms. The predicted molar refractivity (Wildman–Crippen MR) is 65.9 cm³/mol. The van der Waals surface area contributed by atoms with Gasteiger partial charge in [0.05, 0.1) is 0 Å². The highest BCUT2D eigenvalue weighted by Crippen LogP contribution is 2.24. The average molecular weight is 271 g/mol. The van der Waals surface area contributed by atoms with E-state index in [0.717, 1.165) is 21.3 Å². The Hall–Kier alpha value is -1.03. The minimum atomic E-state index is -0.282. The molecule has 3 nitrogen and oxygen atoms in total. The number of hydrogen-bond acceptors (Lipinski definition) is 2. The number of halogens is 1. The fourth-order valence-electron chi connectivity index (χ4n) is 1.50. The number of aryl methyl sites for hydroxylation is 2. The van der Waals surface area contributed by atoms with Crippen LogP contribution in [0.5, 0.6) is 0 Å². The van der Waals surface area contributed by atoms with Crippen LogP contribution in [0.15, 0.2) is 16.6 Å². The molecule has 0 aliphatic carbocycles. The molecular weight excluding hydrogens is 256 g/mol. The van der Waals surface area contributed by atoms with Crippen molar-refractivity contribution in [2.75, 3.05) is 11.9 Å². The zero-order valence-electron chi connectivity index (χ0n) is 8.93. The van der Waals surface area contributed by atoms with Crippen molar-refractivity contribution >= 4 is 27.5 Å². The maximum absolute atomic E-state index is 10.6. The zero-order chi connectivity index (χ0) is 11.4. The first-order valence-corrected chi connectivity index (χ1v) is 5.59. The summed E-state index contributed by atoms with van der Waals surface area (Å²) in [6.07, 6.45) is 0.356. The molecule has 0 saturated carbocycles. The molecule has 0 unspecified atom stereocenters. The largest absolute Gasteiger partial charge is 0.384 e. The fraction of sp³-hybridized carbons (Fsp3) is 0.364. The Morgan fingerprint density at radius 2 is 1.93 bits per heavy atom. The SMILES string of the molecule is Cc1cc(Br)cc(C)c1NCCC(N)=O. The van der Waals surface area contributed by atoms with Crippen LogP contribution in [0, 0.1) is 13.8 Å². The molecule has 0 heterocycles. The molecule has 15 heavy (non-hydrogen) atoms. The summed E-state index contributed by atoms with van der Waals surface area (Å²) < 4.78 is 1.07. The van der Waals surface area contributed by atoms with Gasteiger partial charge in [-0.25, -0.2) is 0 Å². The van der Waals surface area contributed by atoms with Crippen LogP contribution in [-0.2, 0) is 4.79 Å². The van der Waals surface area contributed by atoms with Gasteiger partial charge < -0.3 is 11.1 Å². The standard InChI is InChI=1S/C11H15BrN2O/c1-7-5-9(12)6-8(2)11(7)14-4-3-10(13)15/h5-6,14H,3-4H2,1-2H3,(H2,13,15). The van der Waals surface area contributed by atoms with Crippen molar-refractivity contribution < 1.29 is 4.79 Å². The molecule has 0 atom stereocenters. The summed E-state index contributed by atoms with van der Waals surface area (Å²) in [7, 11) is 0. The minimum Gasteiger partial charge on any atom is -0.384 e. The van der Waals surface area contributed by atoms with Gasteiger partial charge in [0.1, 0.15) is 0 Å². The van der Waals surface area contributed by atoms with Crippen LogP contribution in [-0.4, -0.2) is 12.5 Å². The van der Waals surface area contributed by atoms with E-state index in [4.69, 9.17) is 5.73 Å². The first-order valence-electron chi connectivity index (χ1n) is 4.79. The smallest absolute Gasteiger partial charge is 0.219 e. The average Bonchev–Trinajstić information content (AvgIpc) is 2.08. The van der Waals surface area contributed by atoms with E-state index in [0.29, 0.717) is 13.0 Å². The third kappa shape index (κ3) is 3.55. The van der Waals surface area contributed by atoms with Gasteiger partial charge in [0.2, 0.25) is 5.91 Å². The van der Waals surface area contributed by atoms with Crippen LogP contribution in [0.3, 0.4) is 0 Å². The van der Waals surface area contributed by atoms with Crippen molar-refractivity contribution in [3.05, 3.63) is 27.7 Å². The van der Waals surface area contributed by atoms with E-state index in [1.807, 2.05) is 26.0 Å². The van der Waals surface area contributed by atoms with Gasteiger partial charge in [-0.2, -0.15) is 0 Å². The molecule has 1 aromatic rings. The molecule has 3 N–H and O–H groups in total. The molecule has 1 amide bonds. The van der Waals surface area contributed by atoms with Crippen LogP contribution in [0.25, 0.3) is 0 Å². The molecule has 0 bridgehead atoms. The lowest BCUT2D eigenvalue weighted by Crippen LogP contribution is -2.16. The zero-order valence-corrected chi connectivity index (χ0v) is 10.5. The lowest BCUT2D eigenvalue weighted by molar-refractivity contribution is -0.117. The highest BCUT2D eigenvalue weighted by molar-refractivity contribution is 9.10. The molecule has 1 aromatic carbocycles. The van der Waals surface area contributed by atoms with Crippen molar-refractivity contribution in [1.82, 2.24) is 0 Å². The van der Waals surface area contributed by atoms with Crippen molar-refractivity contribution in [3.63, 3.8) is 0 Å². The Kier molecular flexibility index (Phi) is 4.15. The van der Waals surface area contributed by atoms with Crippen molar-refractivity contribution in [2.45, 2.75) is 20.3 Å². The first-order chi connectivity index (χ1) is 7.00. The second kappa shape index (κ2) is 5.16. The monoisotopic (exact) mass is 270 g/mol. The highest BCUT2D eigenvalue weighted by atomic mass is 79.9. The number of rotatable bonds is 4. The fourth-order valence-corrected chi connectivity index (χ4v) is 2.19. The molecule has 82 valence electrons. The summed E-state index contributed by atoms with van der Waals surface area (Å²) in [5.74, 6) is -0.282. The summed E-state index contributed by atoms with van der Waals surface area (Å²) in [5.41, 5.74) is 8.47. The van der Waals surface area contributed by atoms with Gasteiger partial charge in [-0.05, 0) is 37.1 Å². The van der Waals surface area contributed by atoms with Gasteiger partial charge in [0.25, 0.3) is 0 Å². The maximum Gasteiger partial charge on any atom is 0.219 e. The highest BCUT2D eigenvalue weighted by Gasteiger charge is 2.03. The summed E-state index contributed by atoms with van der Waals surface area (Å²) in [6, 6.07) is 4.08. The quantitative estimate of drug-likeness (QED) is 0.883. The number of nitrogens with two attached hydrogens (primary N) is 1. The topological polar surface area (TPSA) is 55.1 Å². The second-order valence-electron chi connectivity index (χ2n) is 3.56. The summed E-state index contributed by atoms with van der Waals surface area (Å²) in [4.78, 5) is 10.6. The van der Waals surface area contributed by atoms with Gasteiger partial charge in [-0.15, -0.1) is 0 Å². The normalized spacial score (nSPS) is 10.1. The Balaban J connectivity index is 2.72. The Morgan fingerprint density at radius 3 is 2.40 bits per heavy atom. The lowest BCUT2D eigenvalue weighted by Gasteiger charge is -2.12. The van der Waals surface area contributed by atoms with E-state index in [2.05, 4.69) is 21.2 Å². The number of amides is 1. The molecule has 0 aliphatic heterocycles. The predicted octanol–water partition coefficient (Wildman–Crippen LogP) is 2.35. The lowest BCUT2D eigenvalue weighted by atomic mass is 10.1. The Morgan fingerprint density at radius 1 is 1.40 bits per heavy atom. The molecular formula is C11H15BrN2O. The maximum atomic E-state index is 10.6. The molecule has 0 fully saturated rings. The second-order valence-corrected chi connectivity index (χ2v) is 4.47. The Bertz CT molecular complexity index is 354. The van der Waals surface area contributed by atoms with Crippen molar-refractivity contribution in [1.29, 1.82) is 0 Å². The van der Waals surface area contributed by atoms with Gasteiger partial charge >= 0.3 is 0 Å². The van der Waals surface area contributed by atoms with Crippen LogP contribution in [0.1, 0.15) is 17.5 Å². The van der Waals surface area contributed by atoms with Crippen molar-refractivity contribution in [3.8, 4) is 0 Å². The molecule has 0 aliphatic rings. The number of primary amides is 1. The van der Waals surface area contributed by atoms with Gasteiger partial charge in [-0.1, -0.05) is 15.9 Å². The van der Waals surface area contributed by atoms with Crippen molar-refractivity contribution in [2.24, 2.45) is 5.73 Å². The van der Waals surface area contributed by atoms with E-state index in [1.165, 1.54) is 0 Å². The number of carbonyl (C=O) groups is 1. The first kappa shape index (κ1) is 12.0. The van der Waals surface area contributed by atoms with Gasteiger partial charge in [0, 0.05) is 23.1 Å². The van der Waals surface area contributed by atoms with E-state index in [-0.39, 0.29) is 5.91 Å². The van der Waals surface area contributed by atoms with Crippen LogP contribution < -0.4 is 11.1 Å². The van der Waals surface area contributed by atoms with E-state index in [1.54, 1.807) is 0 Å². The molecule has 0 aromatic heterocycles. The van der Waals surface area contributed by atoms with Gasteiger partial charge in [-0.3, -0.25) is 4.79 Å². The number of nitrogens with one attached hydrogen (secondary N) is 1. The van der Waals surface area contributed by atoms with E-state index >= 15 is 0 Å². The number of benzene rings is 1. The molecule has 0 radical (unpaired) electrons. The Labute approximate surface area is 98.2 Å².